The molecule has 0 radical (unpaired) electrons. The summed E-state index contributed by atoms with van der Waals surface area (Å²) in [5.41, 5.74) is 2.20. The van der Waals surface area contributed by atoms with E-state index in [-0.39, 0.29) is 5.82 Å². The van der Waals surface area contributed by atoms with Gasteiger partial charge in [-0.2, -0.15) is 0 Å². The molecule has 0 aliphatic rings. The van der Waals surface area contributed by atoms with Crippen LogP contribution in [0.3, 0.4) is 0 Å². The molecular formula is C18H20FN5O2. The zero-order chi connectivity index (χ0) is 18.5. The van der Waals surface area contributed by atoms with Gasteiger partial charge in [-0.25, -0.2) is 14.1 Å². The van der Waals surface area contributed by atoms with Crippen LogP contribution in [-0.2, 0) is 6.54 Å². The summed E-state index contributed by atoms with van der Waals surface area (Å²) >= 11 is 0. The highest BCUT2D eigenvalue weighted by molar-refractivity contribution is 5.70. The predicted molar refractivity (Wildman–Crippen MR) is 93.6 cm³/mol. The van der Waals surface area contributed by atoms with Gasteiger partial charge in [-0.05, 0) is 60.5 Å². The Labute approximate surface area is 150 Å². The lowest BCUT2D eigenvalue weighted by Crippen LogP contribution is -2.06. The van der Waals surface area contributed by atoms with Crippen molar-refractivity contribution in [2.24, 2.45) is 0 Å². The van der Waals surface area contributed by atoms with Gasteiger partial charge < -0.3 is 9.47 Å². The summed E-state index contributed by atoms with van der Waals surface area (Å²) in [6, 6.07) is 6.48. The second-order valence-electron chi connectivity index (χ2n) is 5.62. The van der Waals surface area contributed by atoms with Crippen LogP contribution in [-0.4, -0.2) is 38.4 Å². The molecule has 0 fully saturated rings. The summed E-state index contributed by atoms with van der Waals surface area (Å²) in [6.45, 7) is 6.92. The number of aromatic nitrogens is 5. The summed E-state index contributed by atoms with van der Waals surface area (Å²) in [4.78, 5) is 4.39. The van der Waals surface area contributed by atoms with Crippen molar-refractivity contribution in [3.05, 3.63) is 47.7 Å². The Bertz CT molecular complexity index is 897. The van der Waals surface area contributed by atoms with Gasteiger partial charge in [-0.1, -0.05) is 0 Å². The highest BCUT2D eigenvalue weighted by Crippen LogP contribution is 2.32. The molecule has 0 amide bonds. The first-order valence-electron chi connectivity index (χ1n) is 8.39. The monoisotopic (exact) mass is 357 g/mol. The molecule has 0 bridgehead atoms. The lowest BCUT2D eigenvalue weighted by molar-refractivity contribution is 0.328. The third-order valence-corrected chi connectivity index (χ3v) is 3.73. The van der Waals surface area contributed by atoms with E-state index in [1.54, 1.807) is 16.9 Å². The standard InChI is InChI=1S/C18H20FN5O2/c1-4-25-16-8-14(7-15(19)9-16)17-6-13(10-20-18(17)26-5-2)11-24-12(3)21-22-23-24/h6-10H,4-5,11H2,1-3H3. The van der Waals surface area contributed by atoms with Crippen LogP contribution in [0.15, 0.2) is 30.5 Å². The van der Waals surface area contributed by atoms with Crippen molar-refractivity contribution in [2.45, 2.75) is 27.3 Å². The van der Waals surface area contributed by atoms with Crippen molar-refractivity contribution in [1.29, 1.82) is 0 Å². The van der Waals surface area contributed by atoms with Crippen LogP contribution >= 0.6 is 0 Å². The second kappa shape index (κ2) is 7.90. The van der Waals surface area contributed by atoms with Crippen LogP contribution in [0.2, 0.25) is 0 Å². The number of hydrogen-bond donors (Lipinski definition) is 0. The first kappa shape index (κ1) is 17.8. The highest BCUT2D eigenvalue weighted by atomic mass is 19.1. The average Bonchev–Trinajstić information content (AvgIpc) is 3.01. The summed E-state index contributed by atoms with van der Waals surface area (Å²) in [5.74, 6) is 1.23. The SMILES string of the molecule is CCOc1cc(F)cc(-c2cc(Cn3nnnc3C)cnc2OCC)c1. The molecule has 3 aromatic rings. The number of pyridine rings is 1. The second-order valence-corrected chi connectivity index (χ2v) is 5.62. The summed E-state index contributed by atoms with van der Waals surface area (Å²) in [7, 11) is 0. The number of hydrogen-bond acceptors (Lipinski definition) is 6. The molecule has 0 N–H and O–H groups in total. The Morgan fingerprint density at radius 3 is 2.58 bits per heavy atom. The van der Waals surface area contributed by atoms with Gasteiger partial charge in [0.15, 0.2) is 0 Å². The van der Waals surface area contributed by atoms with E-state index in [4.69, 9.17) is 9.47 Å². The van der Waals surface area contributed by atoms with Gasteiger partial charge in [0.05, 0.1) is 19.8 Å². The normalized spacial score (nSPS) is 10.8. The fraction of sp³-hybridized carbons (Fsp3) is 0.333. The Balaban J connectivity index is 2.03. The lowest BCUT2D eigenvalue weighted by Gasteiger charge is -2.13. The first-order chi connectivity index (χ1) is 12.6. The van der Waals surface area contributed by atoms with Crippen LogP contribution in [0.4, 0.5) is 4.39 Å². The Kier molecular flexibility index (Phi) is 5.40. The van der Waals surface area contributed by atoms with Crippen molar-refractivity contribution in [3.8, 4) is 22.8 Å². The number of rotatable bonds is 7. The van der Waals surface area contributed by atoms with Gasteiger partial charge in [-0.15, -0.1) is 5.10 Å². The number of aryl methyl sites for hydroxylation is 1. The maximum absolute atomic E-state index is 14.0. The quantitative estimate of drug-likeness (QED) is 0.647. The molecule has 0 saturated carbocycles. The van der Waals surface area contributed by atoms with Gasteiger partial charge in [0.25, 0.3) is 0 Å². The van der Waals surface area contributed by atoms with E-state index in [0.717, 1.165) is 5.56 Å². The largest absolute Gasteiger partial charge is 0.494 e. The molecule has 0 aliphatic carbocycles. The van der Waals surface area contributed by atoms with Crippen molar-refractivity contribution in [3.63, 3.8) is 0 Å². The number of ether oxygens (including phenoxy) is 2. The molecule has 2 heterocycles. The molecule has 0 spiro atoms. The molecule has 0 saturated heterocycles. The third-order valence-electron chi connectivity index (χ3n) is 3.73. The third kappa shape index (κ3) is 3.96. The van der Waals surface area contributed by atoms with Gasteiger partial charge >= 0.3 is 0 Å². The van der Waals surface area contributed by atoms with E-state index >= 15 is 0 Å². The lowest BCUT2D eigenvalue weighted by atomic mass is 10.0. The maximum Gasteiger partial charge on any atom is 0.221 e. The maximum atomic E-state index is 14.0. The number of nitrogens with zero attached hydrogens (tertiary/aromatic N) is 5. The Morgan fingerprint density at radius 2 is 1.88 bits per heavy atom. The first-order valence-corrected chi connectivity index (χ1v) is 8.39. The van der Waals surface area contributed by atoms with Crippen molar-refractivity contribution in [2.75, 3.05) is 13.2 Å². The minimum absolute atomic E-state index is 0.380. The van der Waals surface area contributed by atoms with Crippen LogP contribution in [0.5, 0.6) is 11.6 Å². The molecule has 26 heavy (non-hydrogen) atoms. The Hall–Kier alpha value is -3.03. The highest BCUT2D eigenvalue weighted by Gasteiger charge is 2.13. The van der Waals surface area contributed by atoms with E-state index in [1.807, 2.05) is 26.8 Å². The Morgan fingerprint density at radius 1 is 1.08 bits per heavy atom. The molecule has 136 valence electrons. The van der Waals surface area contributed by atoms with Crippen LogP contribution in [0, 0.1) is 12.7 Å². The van der Waals surface area contributed by atoms with Gasteiger partial charge in [0.2, 0.25) is 5.88 Å². The molecule has 8 heteroatoms. The van der Waals surface area contributed by atoms with Crippen LogP contribution in [0.1, 0.15) is 25.2 Å². The van der Waals surface area contributed by atoms with E-state index in [1.165, 1.54) is 12.1 Å². The predicted octanol–water partition coefficient (Wildman–Crippen LogP) is 3.03. The zero-order valence-electron chi connectivity index (χ0n) is 14.9. The summed E-state index contributed by atoms with van der Waals surface area (Å²) in [5, 5.41) is 11.5. The number of tetrazole rings is 1. The van der Waals surface area contributed by atoms with Crippen molar-refractivity contribution in [1.82, 2.24) is 25.2 Å². The summed E-state index contributed by atoms with van der Waals surface area (Å²) < 4.78 is 26.8. The molecule has 3 rings (SSSR count). The molecule has 7 nitrogen and oxygen atoms in total. The fourth-order valence-corrected chi connectivity index (χ4v) is 2.58. The van der Waals surface area contributed by atoms with Gasteiger partial charge in [-0.3, -0.25) is 0 Å². The average molecular weight is 357 g/mol. The number of benzene rings is 1. The van der Waals surface area contributed by atoms with E-state index in [9.17, 15) is 4.39 Å². The summed E-state index contributed by atoms with van der Waals surface area (Å²) in [6.07, 6.45) is 1.71. The van der Waals surface area contributed by atoms with Gasteiger partial charge in [0.1, 0.15) is 17.4 Å². The molecule has 0 unspecified atom stereocenters. The molecule has 0 atom stereocenters. The molecule has 1 aromatic carbocycles. The smallest absolute Gasteiger partial charge is 0.221 e. The molecule has 0 aliphatic heterocycles. The molecule has 2 aromatic heterocycles. The molecular weight excluding hydrogens is 337 g/mol. The van der Waals surface area contributed by atoms with Gasteiger partial charge in [0, 0.05) is 17.8 Å². The van der Waals surface area contributed by atoms with E-state index in [0.29, 0.717) is 48.3 Å². The minimum atomic E-state index is -0.380. The van der Waals surface area contributed by atoms with Crippen LogP contribution < -0.4 is 9.47 Å². The fourth-order valence-electron chi connectivity index (χ4n) is 2.58. The number of halogens is 1. The van der Waals surface area contributed by atoms with Crippen molar-refractivity contribution < 1.29 is 13.9 Å². The topological polar surface area (TPSA) is 75.0 Å². The van der Waals surface area contributed by atoms with Crippen molar-refractivity contribution >= 4 is 0 Å². The van der Waals surface area contributed by atoms with Crippen LogP contribution in [0.25, 0.3) is 11.1 Å². The zero-order valence-corrected chi connectivity index (χ0v) is 14.9. The van der Waals surface area contributed by atoms with E-state index in [2.05, 4.69) is 20.5 Å². The minimum Gasteiger partial charge on any atom is -0.494 e. The van der Waals surface area contributed by atoms with E-state index < -0.39 is 0 Å².